The van der Waals surface area contributed by atoms with Crippen LogP contribution in [0, 0.1) is 3.57 Å². The molecule has 0 unspecified atom stereocenters. The smallest absolute Gasteiger partial charge is 0.280 e. The van der Waals surface area contributed by atoms with Crippen molar-refractivity contribution in [3.63, 3.8) is 0 Å². The van der Waals surface area contributed by atoms with Gasteiger partial charge in [-0.25, -0.2) is 0 Å². The minimum atomic E-state index is -0.121. The maximum atomic E-state index is 12.9. The molecule has 4 rings (SSSR count). The third kappa shape index (κ3) is 4.65. The van der Waals surface area contributed by atoms with Crippen LogP contribution in [0.25, 0.3) is 6.08 Å². The average molecular weight is 573 g/mol. The maximum Gasteiger partial charge on any atom is 0.280 e. The zero-order chi connectivity index (χ0) is 21.1. The molecule has 0 fully saturated rings. The number of halogens is 2. The SMILES string of the molecule is CC1=NN(c2ccccc2)C(=O)/C1=C/c1ccc(OCc2ccc(Br)cc2)c(I)c1. The standard InChI is InChI=1S/C24H18BrIN2O2/c1-16-21(24(29)28(27-16)20-5-3-2-4-6-20)13-18-9-12-23(22(26)14-18)30-15-17-7-10-19(25)11-8-17/h2-14H,15H2,1H3/b21-13+. The van der Waals surface area contributed by atoms with Crippen molar-refractivity contribution in [3.05, 3.63) is 97.5 Å². The average Bonchev–Trinajstić information content (AvgIpc) is 3.03. The molecular formula is C24H18BrIN2O2. The minimum Gasteiger partial charge on any atom is -0.488 e. The van der Waals surface area contributed by atoms with E-state index < -0.39 is 0 Å². The Morgan fingerprint density at radius 1 is 1.07 bits per heavy atom. The van der Waals surface area contributed by atoms with Crippen LogP contribution in [0.4, 0.5) is 5.69 Å². The Hall–Kier alpha value is -2.45. The first-order valence-electron chi connectivity index (χ1n) is 9.35. The number of carbonyl (C=O) groups is 1. The summed E-state index contributed by atoms with van der Waals surface area (Å²) in [4.78, 5) is 12.9. The van der Waals surface area contributed by atoms with Gasteiger partial charge in [0.1, 0.15) is 12.4 Å². The van der Waals surface area contributed by atoms with E-state index >= 15 is 0 Å². The molecule has 0 saturated heterocycles. The third-order valence-corrected chi connectivity index (χ3v) is 6.01. The van der Waals surface area contributed by atoms with Crippen LogP contribution in [0.1, 0.15) is 18.1 Å². The first kappa shape index (κ1) is 20.8. The predicted octanol–water partition coefficient (Wildman–Crippen LogP) is 6.44. The molecule has 0 aliphatic carbocycles. The second-order valence-electron chi connectivity index (χ2n) is 6.80. The number of benzene rings is 3. The van der Waals surface area contributed by atoms with Gasteiger partial charge in [0.2, 0.25) is 0 Å². The van der Waals surface area contributed by atoms with Crippen LogP contribution in [0.3, 0.4) is 0 Å². The molecule has 0 aromatic heterocycles. The fourth-order valence-electron chi connectivity index (χ4n) is 3.06. The lowest BCUT2D eigenvalue weighted by atomic mass is 10.1. The molecule has 150 valence electrons. The summed E-state index contributed by atoms with van der Waals surface area (Å²) < 4.78 is 7.99. The Kier molecular flexibility index (Phi) is 6.34. The molecule has 0 bridgehead atoms. The number of hydrogen-bond donors (Lipinski definition) is 0. The molecule has 30 heavy (non-hydrogen) atoms. The van der Waals surface area contributed by atoms with Gasteiger partial charge in [0.25, 0.3) is 5.91 Å². The lowest BCUT2D eigenvalue weighted by Gasteiger charge is -2.11. The van der Waals surface area contributed by atoms with Crippen molar-refractivity contribution in [1.29, 1.82) is 0 Å². The van der Waals surface area contributed by atoms with Crippen LogP contribution in [0.2, 0.25) is 0 Å². The largest absolute Gasteiger partial charge is 0.488 e. The van der Waals surface area contributed by atoms with Gasteiger partial charge in [0.05, 0.1) is 20.5 Å². The van der Waals surface area contributed by atoms with Crippen LogP contribution in [0.5, 0.6) is 5.75 Å². The molecule has 3 aromatic carbocycles. The van der Waals surface area contributed by atoms with Crippen LogP contribution in [-0.2, 0) is 11.4 Å². The fourth-order valence-corrected chi connectivity index (χ4v) is 4.02. The Morgan fingerprint density at radius 2 is 1.80 bits per heavy atom. The predicted molar refractivity (Wildman–Crippen MR) is 133 cm³/mol. The van der Waals surface area contributed by atoms with Crippen molar-refractivity contribution in [2.45, 2.75) is 13.5 Å². The molecule has 0 N–H and O–H groups in total. The molecule has 0 saturated carbocycles. The second-order valence-corrected chi connectivity index (χ2v) is 8.88. The van der Waals surface area contributed by atoms with Crippen molar-refractivity contribution in [3.8, 4) is 5.75 Å². The summed E-state index contributed by atoms with van der Waals surface area (Å²) in [6.45, 7) is 2.35. The van der Waals surface area contributed by atoms with E-state index in [1.165, 1.54) is 5.01 Å². The van der Waals surface area contributed by atoms with E-state index in [0.29, 0.717) is 17.9 Å². The molecular weight excluding hydrogens is 555 g/mol. The van der Waals surface area contributed by atoms with Gasteiger partial charge in [0, 0.05) is 4.47 Å². The van der Waals surface area contributed by atoms with Gasteiger partial charge in [-0.05, 0) is 83.1 Å². The fraction of sp³-hybridized carbons (Fsp3) is 0.0833. The van der Waals surface area contributed by atoms with E-state index in [2.05, 4.69) is 43.6 Å². The summed E-state index contributed by atoms with van der Waals surface area (Å²) in [7, 11) is 0. The van der Waals surface area contributed by atoms with Crippen LogP contribution >= 0.6 is 38.5 Å². The number of carbonyl (C=O) groups excluding carboxylic acids is 1. The molecule has 3 aromatic rings. The summed E-state index contributed by atoms with van der Waals surface area (Å²) in [6.07, 6.45) is 1.88. The van der Waals surface area contributed by atoms with Crippen molar-refractivity contribution in [2.75, 3.05) is 5.01 Å². The molecule has 0 atom stereocenters. The van der Waals surface area contributed by atoms with Crippen molar-refractivity contribution < 1.29 is 9.53 Å². The molecule has 0 radical (unpaired) electrons. The molecule has 1 aliphatic rings. The first-order valence-corrected chi connectivity index (χ1v) is 11.2. The minimum absolute atomic E-state index is 0.121. The monoisotopic (exact) mass is 572 g/mol. The molecule has 6 heteroatoms. The van der Waals surface area contributed by atoms with Gasteiger partial charge in [-0.15, -0.1) is 0 Å². The summed E-state index contributed by atoms with van der Waals surface area (Å²) >= 11 is 5.70. The Labute approximate surface area is 197 Å². The van der Waals surface area contributed by atoms with Gasteiger partial charge < -0.3 is 4.74 Å². The number of para-hydroxylation sites is 1. The van der Waals surface area contributed by atoms with Crippen LogP contribution < -0.4 is 9.75 Å². The van der Waals surface area contributed by atoms with Crippen LogP contribution in [0.15, 0.2) is 87.9 Å². The number of ether oxygens (including phenoxy) is 1. The van der Waals surface area contributed by atoms with E-state index in [0.717, 1.165) is 30.6 Å². The lowest BCUT2D eigenvalue weighted by Crippen LogP contribution is -2.21. The zero-order valence-electron chi connectivity index (χ0n) is 16.2. The lowest BCUT2D eigenvalue weighted by molar-refractivity contribution is -0.114. The van der Waals surface area contributed by atoms with Crippen molar-refractivity contribution in [2.24, 2.45) is 5.10 Å². The quantitative estimate of drug-likeness (QED) is 0.261. The normalized spacial score (nSPS) is 14.9. The van der Waals surface area contributed by atoms with Crippen molar-refractivity contribution in [1.82, 2.24) is 0 Å². The summed E-state index contributed by atoms with van der Waals surface area (Å²) in [5.74, 6) is 0.694. The number of rotatable bonds is 5. The zero-order valence-corrected chi connectivity index (χ0v) is 19.9. The first-order chi connectivity index (χ1) is 14.5. The number of anilines is 1. The van der Waals surface area contributed by atoms with Gasteiger partial charge in [-0.2, -0.15) is 10.1 Å². The van der Waals surface area contributed by atoms with Crippen LogP contribution in [-0.4, -0.2) is 11.6 Å². The van der Waals surface area contributed by atoms with E-state index in [-0.39, 0.29) is 5.91 Å². The topological polar surface area (TPSA) is 41.9 Å². The highest BCUT2D eigenvalue weighted by molar-refractivity contribution is 14.1. The summed E-state index contributed by atoms with van der Waals surface area (Å²) in [6, 6.07) is 23.4. The summed E-state index contributed by atoms with van der Waals surface area (Å²) in [5.41, 5.74) is 4.09. The Balaban J connectivity index is 1.50. The second kappa shape index (κ2) is 9.14. The van der Waals surface area contributed by atoms with E-state index in [4.69, 9.17) is 4.74 Å². The Bertz CT molecular complexity index is 1140. The van der Waals surface area contributed by atoms with Gasteiger partial charge in [0.15, 0.2) is 0 Å². The Morgan fingerprint density at radius 3 is 2.50 bits per heavy atom. The van der Waals surface area contributed by atoms with Gasteiger partial charge in [-0.1, -0.05) is 52.3 Å². The molecule has 1 amide bonds. The summed E-state index contributed by atoms with van der Waals surface area (Å²) in [5, 5.41) is 5.87. The number of nitrogens with zero attached hydrogens (tertiary/aromatic N) is 2. The number of hydrazone groups is 1. The highest BCUT2D eigenvalue weighted by atomic mass is 127. The van der Waals surface area contributed by atoms with Gasteiger partial charge in [-0.3, -0.25) is 4.79 Å². The molecule has 0 spiro atoms. The van der Waals surface area contributed by atoms with E-state index in [1.54, 1.807) is 0 Å². The highest BCUT2D eigenvalue weighted by Crippen LogP contribution is 2.27. The maximum absolute atomic E-state index is 12.9. The number of hydrogen-bond acceptors (Lipinski definition) is 3. The number of amides is 1. The molecule has 1 heterocycles. The van der Waals surface area contributed by atoms with E-state index in [1.807, 2.05) is 85.8 Å². The molecule has 1 aliphatic heterocycles. The highest BCUT2D eigenvalue weighted by Gasteiger charge is 2.28. The van der Waals surface area contributed by atoms with Gasteiger partial charge >= 0.3 is 0 Å². The van der Waals surface area contributed by atoms with Crippen molar-refractivity contribution >= 4 is 61.9 Å². The molecule has 4 nitrogen and oxygen atoms in total. The third-order valence-electron chi connectivity index (χ3n) is 4.64. The van der Waals surface area contributed by atoms with E-state index in [9.17, 15) is 4.79 Å².